The number of rotatable bonds is 4. The number of carbonyl (C=O) groups is 2. The fourth-order valence-corrected chi connectivity index (χ4v) is 4.26. The van der Waals surface area contributed by atoms with E-state index < -0.39 is 11.8 Å². The molecule has 0 spiro atoms. The van der Waals surface area contributed by atoms with E-state index in [1.54, 1.807) is 25.1 Å². The average molecular weight is 458 g/mol. The molecule has 5 nitrogen and oxygen atoms in total. The number of fused-ring (bicyclic) bond motifs is 1. The number of aromatic nitrogens is 1. The number of benzene rings is 2. The number of hydrogen-bond acceptors (Lipinski definition) is 3. The molecule has 0 radical (unpaired) electrons. The number of hydrogen-bond donors (Lipinski definition) is 1. The minimum Gasteiger partial charge on any atom is -0.342 e. The highest BCUT2D eigenvalue weighted by atomic mass is 35.5. The summed E-state index contributed by atoms with van der Waals surface area (Å²) in [6, 6.07) is 13.2. The van der Waals surface area contributed by atoms with Gasteiger partial charge in [0.05, 0.1) is 0 Å². The summed E-state index contributed by atoms with van der Waals surface area (Å²) in [7, 11) is 0. The van der Waals surface area contributed by atoms with Crippen molar-refractivity contribution in [1.29, 1.82) is 0 Å². The highest BCUT2D eigenvalue weighted by Gasteiger charge is 2.32. The number of para-hydroxylation sites is 1. The van der Waals surface area contributed by atoms with Gasteiger partial charge in [0.15, 0.2) is 5.11 Å². The number of carbonyl (C=O) groups excluding carboxylic acids is 2. The zero-order chi connectivity index (χ0) is 21.4. The smallest absolute Gasteiger partial charge is 0.265 e. The predicted octanol–water partition coefficient (Wildman–Crippen LogP) is 4.64. The number of nitrogens with zero attached hydrogens (tertiary/aromatic N) is 2. The van der Waals surface area contributed by atoms with Gasteiger partial charge in [-0.2, -0.15) is 0 Å². The van der Waals surface area contributed by atoms with Gasteiger partial charge in [0.25, 0.3) is 11.8 Å². The highest BCUT2D eigenvalue weighted by molar-refractivity contribution is 7.80. The molecule has 1 N–H and O–H groups in total. The molecule has 1 fully saturated rings. The van der Waals surface area contributed by atoms with Crippen molar-refractivity contribution in [1.82, 2.24) is 14.8 Å². The molecule has 1 aliphatic rings. The Hall–Kier alpha value is -2.67. The monoisotopic (exact) mass is 457 g/mol. The first-order valence-electron chi connectivity index (χ1n) is 9.29. The Labute approximate surface area is 188 Å². The van der Waals surface area contributed by atoms with Crippen LogP contribution in [0.4, 0.5) is 0 Å². The number of thiocarbonyl (C=S) groups is 1. The van der Waals surface area contributed by atoms with Crippen LogP contribution >= 0.6 is 35.4 Å². The summed E-state index contributed by atoms with van der Waals surface area (Å²) in [6.45, 7) is 2.71. The van der Waals surface area contributed by atoms with Crippen molar-refractivity contribution in [2.24, 2.45) is 0 Å². The molecule has 1 saturated heterocycles. The van der Waals surface area contributed by atoms with Gasteiger partial charge in [-0.1, -0.05) is 47.5 Å². The first-order chi connectivity index (χ1) is 14.4. The van der Waals surface area contributed by atoms with Crippen LogP contribution in [-0.2, 0) is 16.1 Å². The Morgan fingerprint density at radius 2 is 1.90 bits per heavy atom. The van der Waals surface area contributed by atoms with E-state index in [9.17, 15) is 9.59 Å². The maximum atomic E-state index is 12.8. The molecule has 0 atom stereocenters. The molecule has 1 aliphatic heterocycles. The Bertz CT molecular complexity index is 1230. The lowest BCUT2D eigenvalue weighted by Crippen LogP contribution is -2.53. The van der Waals surface area contributed by atoms with Crippen molar-refractivity contribution < 1.29 is 9.59 Å². The van der Waals surface area contributed by atoms with Gasteiger partial charge >= 0.3 is 0 Å². The summed E-state index contributed by atoms with van der Waals surface area (Å²) >= 11 is 17.5. The van der Waals surface area contributed by atoms with Crippen molar-refractivity contribution in [2.75, 3.05) is 6.54 Å². The van der Waals surface area contributed by atoms with Gasteiger partial charge in [-0.25, -0.2) is 0 Å². The second-order valence-electron chi connectivity index (χ2n) is 6.83. The van der Waals surface area contributed by atoms with Gasteiger partial charge in [0.2, 0.25) is 0 Å². The second kappa shape index (κ2) is 8.22. The van der Waals surface area contributed by atoms with Crippen LogP contribution in [0.5, 0.6) is 0 Å². The molecule has 3 aromatic rings. The van der Waals surface area contributed by atoms with Crippen LogP contribution in [0, 0.1) is 0 Å². The first-order valence-corrected chi connectivity index (χ1v) is 10.5. The molecule has 2 heterocycles. The molecule has 2 aromatic carbocycles. The van der Waals surface area contributed by atoms with Crippen LogP contribution in [0.1, 0.15) is 18.1 Å². The van der Waals surface area contributed by atoms with E-state index >= 15 is 0 Å². The third-order valence-electron chi connectivity index (χ3n) is 4.98. The maximum absolute atomic E-state index is 12.8. The average Bonchev–Trinajstić information content (AvgIpc) is 3.05. The Morgan fingerprint density at radius 3 is 2.63 bits per heavy atom. The largest absolute Gasteiger partial charge is 0.342 e. The lowest BCUT2D eigenvalue weighted by atomic mass is 10.1. The van der Waals surface area contributed by atoms with Gasteiger partial charge in [-0.3, -0.25) is 19.8 Å². The van der Waals surface area contributed by atoms with Gasteiger partial charge in [0.1, 0.15) is 5.57 Å². The molecular weight excluding hydrogens is 441 g/mol. The topological polar surface area (TPSA) is 54.3 Å². The third-order valence-corrected chi connectivity index (χ3v) is 5.89. The second-order valence-corrected chi connectivity index (χ2v) is 8.06. The summed E-state index contributed by atoms with van der Waals surface area (Å²) in [4.78, 5) is 26.6. The molecule has 8 heteroatoms. The van der Waals surface area contributed by atoms with E-state index in [1.807, 2.05) is 41.1 Å². The molecule has 0 bridgehead atoms. The van der Waals surface area contributed by atoms with E-state index in [2.05, 4.69) is 5.32 Å². The van der Waals surface area contributed by atoms with Crippen molar-refractivity contribution in [3.63, 3.8) is 0 Å². The fourth-order valence-electron chi connectivity index (χ4n) is 3.49. The van der Waals surface area contributed by atoms with Gasteiger partial charge in [-0.15, -0.1) is 0 Å². The lowest BCUT2D eigenvalue weighted by Gasteiger charge is -2.27. The van der Waals surface area contributed by atoms with E-state index in [0.29, 0.717) is 23.1 Å². The number of nitrogens with one attached hydrogen (secondary N) is 1. The zero-order valence-electron chi connectivity index (χ0n) is 16.0. The lowest BCUT2D eigenvalue weighted by molar-refractivity contribution is -0.128. The number of halogens is 2. The van der Waals surface area contributed by atoms with Crippen LogP contribution in [0.2, 0.25) is 10.0 Å². The Morgan fingerprint density at radius 1 is 1.13 bits per heavy atom. The van der Waals surface area contributed by atoms with E-state index in [-0.39, 0.29) is 10.7 Å². The molecule has 2 amide bonds. The van der Waals surface area contributed by atoms with Gasteiger partial charge in [0, 0.05) is 45.8 Å². The number of amides is 2. The molecule has 1 aromatic heterocycles. The molecule has 4 rings (SSSR count). The third kappa shape index (κ3) is 3.74. The van der Waals surface area contributed by atoms with Gasteiger partial charge < -0.3 is 4.57 Å². The van der Waals surface area contributed by atoms with E-state index in [4.69, 9.17) is 35.4 Å². The summed E-state index contributed by atoms with van der Waals surface area (Å²) in [5.41, 5.74) is 2.69. The van der Waals surface area contributed by atoms with Crippen LogP contribution in [-0.4, -0.2) is 32.9 Å². The summed E-state index contributed by atoms with van der Waals surface area (Å²) < 4.78 is 2.03. The standard InChI is InChI=1S/C22H17Cl2N3O2S/c1-2-27-21(29)17(20(28)25-22(27)30)9-14-12-26(19-6-4-3-5-16(14)19)11-13-7-8-15(23)10-18(13)24/h3-10,12H,2,11H2,1H3,(H,25,28,30)/b17-9+. The Kier molecular flexibility index (Phi) is 5.64. The molecule has 152 valence electrons. The highest BCUT2D eigenvalue weighted by Crippen LogP contribution is 2.28. The van der Waals surface area contributed by atoms with Crippen LogP contribution in [0.25, 0.3) is 17.0 Å². The molecule has 0 aliphatic carbocycles. The summed E-state index contributed by atoms with van der Waals surface area (Å²) in [6.07, 6.45) is 3.52. The molecule has 0 saturated carbocycles. The van der Waals surface area contributed by atoms with Gasteiger partial charge in [-0.05, 0) is 49.0 Å². The summed E-state index contributed by atoms with van der Waals surface area (Å²) in [5.74, 6) is -0.892. The van der Waals surface area contributed by atoms with Crippen LogP contribution in [0.15, 0.2) is 54.2 Å². The molecule has 30 heavy (non-hydrogen) atoms. The van der Waals surface area contributed by atoms with Crippen LogP contribution in [0.3, 0.4) is 0 Å². The number of likely N-dealkylation sites (N-methyl/N-ethyl adjacent to an activating group) is 1. The minimum atomic E-state index is -0.493. The van der Waals surface area contributed by atoms with Crippen molar-refractivity contribution in [3.05, 3.63) is 75.4 Å². The first kappa shape index (κ1) is 20.6. The minimum absolute atomic E-state index is 0.0536. The SMILES string of the molecule is CCN1C(=O)/C(=C/c2cn(Cc3ccc(Cl)cc3Cl)c3ccccc23)C(=O)NC1=S. The zero-order valence-corrected chi connectivity index (χ0v) is 18.3. The Balaban J connectivity index is 1.79. The maximum Gasteiger partial charge on any atom is 0.265 e. The molecule has 0 unspecified atom stereocenters. The van der Waals surface area contributed by atoms with Crippen molar-refractivity contribution >= 4 is 69.3 Å². The van der Waals surface area contributed by atoms with Crippen molar-refractivity contribution in [2.45, 2.75) is 13.5 Å². The normalized spacial score (nSPS) is 15.9. The van der Waals surface area contributed by atoms with Crippen molar-refractivity contribution in [3.8, 4) is 0 Å². The molecular formula is C22H17Cl2N3O2S. The quantitative estimate of drug-likeness (QED) is 0.352. The van der Waals surface area contributed by atoms with E-state index in [0.717, 1.165) is 22.0 Å². The van der Waals surface area contributed by atoms with E-state index in [1.165, 1.54) is 4.90 Å². The van der Waals surface area contributed by atoms with Crippen LogP contribution < -0.4 is 5.32 Å². The summed E-state index contributed by atoms with van der Waals surface area (Å²) in [5, 5.41) is 4.79. The predicted molar refractivity (Wildman–Crippen MR) is 124 cm³/mol. The fraction of sp³-hybridized carbons (Fsp3) is 0.136.